The molecule has 1 aliphatic rings. The molecule has 0 saturated heterocycles. The topological polar surface area (TPSA) is 79.8 Å². The lowest BCUT2D eigenvalue weighted by Gasteiger charge is -2.14. The van der Waals surface area contributed by atoms with Gasteiger partial charge < -0.3 is 10.1 Å². The highest BCUT2D eigenvalue weighted by molar-refractivity contribution is 6.39. The lowest BCUT2D eigenvalue weighted by Crippen LogP contribution is -2.37. The molecule has 0 saturated carbocycles. The number of hydrazone groups is 1. The molecule has 22 heavy (non-hydrogen) atoms. The molecule has 0 fully saturated rings. The van der Waals surface area contributed by atoms with Crippen LogP contribution in [0.3, 0.4) is 0 Å². The maximum Gasteiger partial charge on any atom is 0.267 e. The van der Waals surface area contributed by atoms with Crippen LogP contribution in [0.25, 0.3) is 0 Å². The number of nitrogens with one attached hydrogen (secondary N) is 2. The van der Waals surface area contributed by atoms with E-state index in [2.05, 4.69) is 28.0 Å². The fourth-order valence-corrected chi connectivity index (χ4v) is 2.57. The first-order valence-electron chi connectivity index (χ1n) is 7.29. The van der Waals surface area contributed by atoms with E-state index in [-0.39, 0.29) is 11.8 Å². The summed E-state index contributed by atoms with van der Waals surface area (Å²) >= 11 is 0. The van der Waals surface area contributed by atoms with Gasteiger partial charge in [-0.05, 0) is 31.4 Å². The van der Waals surface area contributed by atoms with Gasteiger partial charge >= 0.3 is 0 Å². The van der Waals surface area contributed by atoms with E-state index in [1.54, 1.807) is 7.11 Å². The van der Waals surface area contributed by atoms with Gasteiger partial charge in [0.05, 0.1) is 7.11 Å². The van der Waals surface area contributed by atoms with Crippen LogP contribution in [0.5, 0.6) is 5.75 Å². The summed E-state index contributed by atoms with van der Waals surface area (Å²) in [6.07, 6.45) is 1.36. The Hall–Kier alpha value is -2.37. The fraction of sp³-hybridized carbons (Fsp3) is 0.438. The van der Waals surface area contributed by atoms with Crippen molar-refractivity contribution in [3.8, 4) is 5.75 Å². The summed E-state index contributed by atoms with van der Waals surface area (Å²) in [7, 11) is 1.65. The molecule has 118 valence electrons. The summed E-state index contributed by atoms with van der Waals surface area (Å²) in [4.78, 5) is 23.0. The van der Waals surface area contributed by atoms with E-state index in [9.17, 15) is 9.59 Å². The Morgan fingerprint density at radius 3 is 2.77 bits per heavy atom. The Labute approximate surface area is 129 Å². The van der Waals surface area contributed by atoms with Gasteiger partial charge in [-0.2, -0.15) is 5.10 Å². The summed E-state index contributed by atoms with van der Waals surface area (Å²) in [6.45, 7) is 4.53. The minimum Gasteiger partial charge on any atom is -0.496 e. The van der Waals surface area contributed by atoms with Crippen LogP contribution in [0.4, 0.5) is 0 Å². The predicted octanol–water partition coefficient (Wildman–Crippen LogP) is 1.24. The molecule has 1 aromatic rings. The Morgan fingerprint density at radius 1 is 1.36 bits per heavy atom. The van der Waals surface area contributed by atoms with E-state index in [0.29, 0.717) is 31.5 Å². The summed E-state index contributed by atoms with van der Waals surface area (Å²) in [6, 6.07) is 4.14. The van der Waals surface area contributed by atoms with Crippen LogP contribution in [0.1, 0.15) is 29.5 Å². The first kappa shape index (κ1) is 16.0. The maximum absolute atomic E-state index is 12.0. The standard InChI is InChI=1S/C16H21N3O3/c1-10-8-11(2)15(22-3)12(9-10)6-7-17-16(21)13-4-5-14(20)19-18-13/h8-9H,4-7H2,1-3H3,(H,17,21)(H,19,20). The zero-order valence-electron chi connectivity index (χ0n) is 13.2. The molecule has 6 nitrogen and oxygen atoms in total. The normalized spacial score (nSPS) is 14.1. The molecule has 0 bridgehead atoms. The molecule has 1 heterocycles. The van der Waals surface area contributed by atoms with Gasteiger partial charge in [0.2, 0.25) is 5.91 Å². The van der Waals surface area contributed by atoms with E-state index >= 15 is 0 Å². The third kappa shape index (κ3) is 3.84. The van der Waals surface area contributed by atoms with E-state index in [1.807, 2.05) is 13.8 Å². The van der Waals surface area contributed by atoms with Crippen molar-refractivity contribution in [1.82, 2.24) is 10.7 Å². The third-order valence-corrected chi connectivity index (χ3v) is 3.55. The molecular weight excluding hydrogens is 282 g/mol. The minimum absolute atomic E-state index is 0.156. The lowest BCUT2D eigenvalue weighted by atomic mass is 10.0. The van der Waals surface area contributed by atoms with Crippen LogP contribution >= 0.6 is 0 Å². The summed E-state index contributed by atoms with van der Waals surface area (Å²) < 4.78 is 5.43. The first-order valence-corrected chi connectivity index (χ1v) is 7.29. The van der Waals surface area contributed by atoms with Crippen LogP contribution in [0, 0.1) is 13.8 Å². The van der Waals surface area contributed by atoms with E-state index in [0.717, 1.165) is 16.9 Å². The number of carbonyl (C=O) groups is 2. The number of rotatable bonds is 5. The van der Waals surface area contributed by atoms with Crippen LogP contribution in [-0.4, -0.2) is 31.2 Å². The zero-order valence-corrected chi connectivity index (χ0v) is 13.2. The Bertz CT molecular complexity index is 623. The van der Waals surface area contributed by atoms with Gasteiger partial charge in [-0.15, -0.1) is 0 Å². The number of hydrogen-bond acceptors (Lipinski definition) is 4. The molecule has 0 radical (unpaired) electrons. The number of hydrogen-bond donors (Lipinski definition) is 2. The number of benzene rings is 1. The first-order chi connectivity index (χ1) is 10.5. The second-order valence-corrected chi connectivity index (χ2v) is 5.37. The van der Waals surface area contributed by atoms with E-state index in [1.165, 1.54) is 5.56 Å². The van der Waals surface area contributed by atoms with Crippen LogP contribution < -0.4 is 15.5 Å². The number of methoxy groups -OCH3 is 1. The number of ether oxygens (including phenoxy) is 1. The highest BCUT2D eigenvalue weighted by Crippen LogP contribution is 2.25. The number of carbonyl (C=O) groups excluding carboxylic acids is 2. The molecule has 0 unspecified atom stereocenters. The van der Waals surface area contributed by atoms with Crippen LogP contribution in [0.2, 0.25) is 0 Å². The SMILES string of the molecule is COc1c(C)cc(C)cc1CCNC(=O)C1=NNC(=O)CC1. The van der Waals surface area contributed by atoms with Crippen molar-refractivity contribution in [2.75, 3.05) is 13.7 Å². The van der Waals surface area contributed by atoms with Gasteiger partial charge in [-0.25, -0.2) is 5.43 Å². The van der Waals surface area contributed by atoms with Crippen molar-refractivity contribution in [1.29, 1.82) is 0 Å². The zero-order chi connectivity index (χ0) is 16.1. The maximum atomic E-state index is 12.0. The highest BCUT2D eigenvalue weighted by atomic mass is 16.5. The molecule has 1 aliphatic heterocycles. The number of nitrogens with zero attached hydrogens (tertiary/aromatic N) is 1. The van der Waals surface area contributed by atoms with Gasteiger partial charge in [0, 0.05) is 19.4 Å². The van der Waals surface area contributed by atoms with E-state index in [4.69, 9.17) is 4.74 Å². The number of amides is 2. The van der Waals surface area contributed by atoms with Crippen molar-refractivity contribution >= 4 is 17.5 Å². The van der Waals surface area contributed by atoms with Crippen molar-refractivity contribution in [2.45, 2.75) is 33.1 Å². The molecule has 1 aromatic carbocycles. The average Bonchev–Trinajstić information content (AvgIpc) is 2.47. The lowest BCUT2D eigenvalue weighted by molar-refractivity contribution is -0.121. The van der Waals surface area contributed by atoms with Crippen molar-refractivity contribution in [3.05, 3.63) is 28.8 Å². The van der Waals surface area contributed by atoms with Gasteiger partial charge in [-0.1, -0.05) is 17.7 Å². The molecule has 0 aliphatic carbocycles. The summed E-state index contributed by atoms with van der Waals surface area (Å²) in [5.41, 5.74) is 6.01. The molecule has 6 heteroatoms. The molecule has 0 atom stereocenters. The third-order valence-electron chi connectivity index (χ3n) is 3.55. The predicted molar refractivity (Wildman–Crippen MR) is 84.0 cm³/mol. The van der Waals surface area contributed by atoms with Crippen molar-refractivity contribution in [3.63, 3.8) is 0 Å². The van der Waals surface area contributed by atoms with Gasteiger partial charge in [0.1, 0.15) is 11.5 Å². The number of aryl methyl sites for hydroxylation is 2. The molecule has 2 rings (SSSR count). The van der Waals surface area contributed by atoms with Crippen molar-refractivity contribution < 1.29 is 14.3 Å². The van der Waals surface area contributed by atoms with Crippen molar-refractivity contribution in [2.24, 2.45) is 5.10 Å². The summed E-state index contributed by atoms with van der Waals surface area (Å²) in [5.74, 6) is 0.474. The smallest absolute Gasteiger partial charge is 0.267 e. The monoisotopic (exact) mass is 303 g/mol. The second-order valence-electron chi connectivity index (χ2n) is 5.37. The Kier molecular flexibility index (Phi) is 5.14. The van der Waals surface area contributed by atoms with Crippen LogP contribution in [0.15, 0.2) is 17.2 Å². The average molecular weight is 303 g/mol. The minimum atomic E-state index is -0.233. The van der Waals surface area contributed by atoms with Gasteiger partial charge in [-0.3, -0.25) is 9.59 Å². The molecule has 0 spiro atoms. The highest BCUT2D eigenvalue weighted by Gasteiger charge is 2.18. The van der Waals surface area contributed by atoms with Gasteiger partial charge in [0.25, 0.3) is 5.91 Å². The summed E-state index contributed by atoms with van der Waals surface area (Å²) in [5, 5.41) is 6.61. The Balaban J connectivity index is 1.94. The van der Waals surface area contributed by atoms with Crippen LogP contribution in [-0.2, 0) is 16.0 Å². The fourth-order valence-electron chi connectivity index (χ4n) is 2.57. The van der Waals surface area contributed by atoms with Gasteiger partial charge in [0.15, 0.2) is 0 Å². The molecule has 2 amide bonds. The largest absolute Gasteiger partial charge is 0.496 e. The Morgan fingerprint density at radius 2 is 2.14 bits per heavy atom. The molecule has 2 N–H and O–H groups in total. The molecular formula is C16H21N3O3. The quantitative estimate of drug-likeness (QED) is 0.859. The van der Waals surface area contributed by atoms with E-state index < -0.39 is 0 Å². The molecule has 0 aromatic heterocycles. The second kappa shape index (κ2) is 7.06.